The van der Waals surface area contributed by atoms with Gasteiger partial charge in [-0.25, -0.2) is 13.8 Å². The van der Waals surface area contributed by atoms with Gasteiger partial charge < -0.3 is 9.47 Å². The topological polar surface area (TPSA) is 140 Å². The molecule has 184 valence electrons. The van der Waals surface area contributed by atoms with E-state index in [0.717, 1.165) is 26.9 Å². The second-order valence-electron chi connectivity index (χ2n) is 7.04. The number of carbonyl (C=O) groups excluding carboxylic acids is 1. The van der Waals surface area contributed by atoms with Gasteiger partial charge in [0, 0.05) is 17.0 Å². The largest absolute Gasteiger partial charge is 0.497 e. The average Bonchev–Trinajstić information content (AvgIpc) is 3.26. The Morgan fingerprint density at radius 1 is 1.20 bits per heavy atom. The Bertz CT molecular complexity index is 1370. The van der Waals surface area contributed by atoms with Crippen LogP contribution in [0.25, 0.3) is 0 Å². The molecule has 0 unspecified atom stereocenters. The van der Waals surface area contributed by atoms with Crippen LogP contribution in [-0.2, 0) is 14.8 Å². The molecule has 0 aliphatic carbocycles. The Labute approximate surface area is 205 Å². The van der Waals surface area contributed by atoms with Crippen LogP contribution >= 0.6 is 11.3 Å². The molecular formula is C22H22N4O7S2. The summed E-state index contributed by atoms with van der Waals surface area (Å²) in [5.41, 5.74) is 2.63. The van der Waals surface area contributed by atoms with Crippen molar-refractivity contribution in [1.82, 2.24) is 5.43 Å². The molecule has 13 heteroatoms. The molecule has 3 rings (SSSR count). The molecule has 1 N–H and O–H groups in total. The van der Waals surface area contributed by atoms with Gasteiger partial charge in [-0.2, -0.15) is 5.10 Å². The molecule has 0 spiro atoms. The number of nitro groups is 1. The van der Waals surface area contributed by atoms with E-state index in [1.807, 2.05) is 18.4 Å². The van der Waals surface area contributed by atoms with E-state index in [1.54, 1.807) is 0 Å². The molecule has 0 radical (unpaired) electrons. The van der Waals surface area contributed by atoms with Gasteiger partial charge >= 0.3 is 0 Å². The van der Waals surface area contributed by atoms with E-state index in [0.29, 0.717) is 5.75 Å². The number of nitrogens with one attached hydrogen (secondary N) is 1. The van der Waals surface area contributed by atoms with Crippen molar-refractivity contribution in [2.45, 2.75) is 11.8 Å². The molecular weight excluding hydrogens is 496 g/mol. The number of carbonyl (C=O) groups is 1. The lowest BCUT2D eigenvalue weighted by Gasteiger charge is -2.25. The Kier molecular flexibility index (Phi) is 8.04. The predicted molar refractivity (Wildman–Crippen MR) is 132 cm³/mol. The Hall–Kier alpha value is -3.97. The lowest BCUT2D eigenvalue weighted by Crippen LogP contribution is -2.40. The molecule has 0 fully saturated rings. The highest BCUT2D eigenvalue weighted by Crippen LogP contribution is 2.37. The Morgan fingerprint density at radius 3 is 2.57 bits per heavy atom. The van der Waals surface area contributed by atoms with Crippen LogP contribution in [0.1, 0.15) is 10.4 Å². The smallest absolute Gasteiger partial charge is 0.289 e. The zero-order valence-corrected chi connectivity index (χ0v) is 20.6. The number of para-hydroxylation sites is 1. The van der Waals surface area contributed by atoms with Gasteiger partial charge in [0.05, 0.1) is 31.0 Å². The number of amides is 1. The van der Waals surface area contributed by atoms with E-state index >= 15 is 0 Å². The first-order valence-electron chi connectivity index (χ1n) is 10.0. The van der Waals surface area contributed by atoms with Gasteiger partial charge in [0.2, 0.25) is 0 Å². The number of ether oxygens (including phenoxy) is 2. The third-order valence-corrected chi connectivity index (χ3v) is 7.61. The number of sulfonamides is 1. The number of hydrogen-bond donors (Lipinski definition) is 1. The number of anilines is 1. The molecule has 0 aliphatic rings. The Morgan fingerprint density at radius 2 is 1.94 bits per heavy atom. The van der Waals surface area contributed by atoms with E-state index in [1.165, 1.54) is 62.1 Å². The first kappa shape index (κ1) is 25.6. The summed E-state index contributed by atoms with van der Waals surface area (Å²) in [5.74, 6) is -0.304. The van der Waals surface area contributed by atoms with Crippen molar-refractivity contribution in [3.8, 4) is 11.5 Å². The van der Waals surface area contributed by atoms with E-state index in [-0.39, 0.29) is 11.4 Å². The summed E-state index contributed by atoms with van der Waals surface area (Å²) in [4.78, 5) is 23.7. The van der Waals surface area contributed by atoms with Crippen LogP contribution in [0.15, 0.2) is 63.9 Å². The third kappa shape index (κ3) is 5.75. The van der Waals surface area contributed by atoms with Crippen LogP contribution < -0.4 is 19.2 Å². The number of nitrogens with zero attached hydrogens (tertiary/aromatic N) is 3. The van der Waals surface area contributed by atoms with Crippen LogP contribution in [0.5, 0.6) is 11.5 Å². The molecule has 0 bridgehead atoms. The van der Waals surface area contributed by atoms with Gasteiger partial charge in [-0.3, -0.25) is 19.2 Å². The lowest BCUT2D eigenvalue weighted by atomic mass is 10.2. The van der Waals surface area contributed by atoms with Crippen molar-refractivity contribution in [3.05, 3.63) is 74.5 Å². The summed E-state index contributed by atoms with van der Waals surface area (Å²) in [6, 6.07) is 11.1. The molecule has 35 heavy (non-hydrogen) atoms. The first-order valence-corrected chi connectivity index (χ1v) is 12.3. The van der Waals surface area contributed by atoms with Gasteiger partial charge in [-0.15, -0.1) is 11.3 Å². The molecule has 2 aromatic carbocycles. The minimum Gasteiger partial charge on any atom is -0.497 e. The highest BCUT2D eigenvalue weighted by Gasteiger charge is 2.34. The van der Waals surface area contributed by atoms with E-state index in [4.69, 9.17) is 9.47 Å². The van der Waals surface area contributed by atoms with Gasteiger partial charge in [0.15, 0.2) is 4.90 Å². The number of nitro benzene ring substituents is 1. The summed E-state index contributed by atoms with van der Waals surface area (Å²) < 4.78 is 38.5. The summed E-state index contributed by atoms with van der Waals surface area (Å²) in [7, 11) is -1.84. The van der Waals surface area contributed by atoms with Crippen molar-refractivity contribution in [2.75, 3.05) is 25.1 Å². The van der Waals surface area contributed by atoms with Crippen LogP contribution in [0.2, 0.25) is 0 Å². The van der Waals surface area contributed by atoms with Crippen LogP contribution in [-0.4, -0.2) is 46.2 Å². The van der Waals surface area contributed by atoms with E-state index in [2.05, 4.69) is 10.5 Å². The van der Waals surface area contributed by atoms with Crippen molar-refractivity contribution >= 4 is 44.9 Å². The minimum atomic E-state index is -4.59. The first-order chi connectivity index (χ1) is 16.7. The summed E-state index contributed by atoms with van der Waals surface area (Å²) in [5, 5.41) is 17.3. The van der Waals surface area contributed by atoms with Gasteiger partial charge in [0.25, 0.3) is 21.6 Å². The predicted octanol–water partition coefficient (Wildman–Crippen LogP) is 3.33. The molecule has 0 saturated heterocycles. The van der Waals surface area contributed by atoms with Crippen LogP contribution in [0.3, 0.4) is 0 Å². The lowest BCUT2D eigenvalue weighted by molar-refractivity contribution is -0.387. The number of thiophene rings is 1. The zero-order chi connectivity index (χ0) is 25.6. The summed E-state index contributed by atoms with van der Waals surface area (Å²) in [6.07, 6.45) is 1.45. The highest BCUT2D eigenvalue weighted by molar-refractivity contribution is 7.93. The standard InChI is InChI=1S/C22H22N4O7S2/c1-15-10-11-34-20(15)13-23-24-22(27)14-25(17-9-8-16(32-2)12-19(17)33-3)35(30,31)21-7-5-4-6-18(21)26(28)29/h4-13H,14H2,1-3H3,(H,24,27)/b23-13-. The van der Waals surface area contributed by atoms with Gasteiger partial charge in [0.1, 0.15) is 18.0 Å². The molecule has 0 atom stereocenters. The fraction of sp³-hybridized carbons (Fsp3) is 0.182. The number of aryl methyl sites for hydroxylation is 1. The van der Waals surface area contributed by atoms with E-state index in [9.17, 15) is 23.3 Å². The van der Waals surface area contributed by atoms with Crippen molar-refractivity contribution < 1.29 is 27.6 Å². The Balaban J connectivity index is 2.03. The highest BCUT2D eigenvalue weighted by atomic mass is 32.2. The molecule has 1 heterocycles. The molecule has 3 aromatic rings. The second-order valence-corrected chi connectivity index (χ2v) is 9.81. The summed E-state index contributed by atoms with van der Waals surface area (Å²) in [6.45, 7) is 1.16. The normalized spacial score (nSPS) is 11.3. The minimum absolute atomic E-state index is 0.0142. The maximum atomic E-state index is 13.6. The molecule has 0 aliphatic heterocycles. The average molecular weight is 519 g/mol. The summed E-state index contributed by atoms with van der Waals surface area (Å²) >= 11 is 1.43. The van der Waals surface area contributed by atoms with Crippen LogP contribution in [0.4, 0.5) is 11.4 Å². The van der Waals surface area contributed by atoms with Gasteiger partial charge in [-0.1, -0.05) is 12.1 Å². The monoisotopic (exact) mass is 518 g/mol. The number of methoxy groups -OCH3 is 2. The number of hydrazone groups is 1. The quantitative estimate of drug-likeness (QED) is 0.247. The van der Waals surface area contributed by atoms with Crippen molar-refractivity contribution in [3.63, 3.8) is 0 Å². The third-order valence-electron chi connectivity index (χ3n) is 4.85. The fourth-order valence-corrected chi connectivity index (χ4v) is 5.46. The van der Waals surface area contributed by atoms with E-state index < -0.39 is 38.0 Å². The van der Waals surface area contributed by atoms with Crippen molar-refractivity contribution in [1.29, 1.82) is 0 Å². The molecule has 0 saturated carbocycles. The van der Waals surface area contributed by atoms with Gasteiger partial charge in [-0.05, 0) is 42.1 Å². The zero-order valence-electron chi connectivity index (χ0n) is 19.0. The number of hydrogen-bond acceptors (Lipinski definition) is 9. The molecule has 1 amide bonds. The molecule has 11 nitrogen and oxygen atoms in total. The number of benzene rings is 2. The fourth-order valence-electron chi connectivity index (χ4n) is 3.08. The maximum Gasteiger partial charge on any atom is 0.289 e. The maximum absolute atomic E-state index is 13.6. The van der Waals surface area contributed by atoms with Crippen molar-refractivity contribution in [2.24, 2.45) is 5.10 Å². The molecule has 1 aromatic heterocycles. The second kappa shape index (κ2) is 11.0. The SMILES string of the molecule is COc1ccc(N(CC(=O)N/N=C\c2sccc2C)S(=O)(=O)c2ccccc2[N+](=O)[O-])c(OC)c1. The number of rotatable bonds is 10. The van der Waals surface area contributed by atoms with Crippen LogP contribution in [0, 0.1) is 17.0 Å².